The molecule has 40 heavy (non-hydrogen) atoms. The van der Waals surface area contributed by atoms with Crippen molar-refractivity contribution in [2.45, 2.75) is 73.0 Å². The Hall–Kier alpha value is -4.34. The molecule has 2 aromatic carbocycles. The molecule has 3 heterocycles. The van der Waals surface area contributed by atoms with Gasteiger partial charge in [0.05, 0.1) is 0 Å². The van der Waals surface area contributed by atoms with Crippen LogP contribution in [0.4, 0.5) is 0 Å². The van der Waals surface area contributed by atoms with Crippen molar-refractivity contribution < 1.29 is 0 Å². The second kappa shape index (κ2) is 11.8. The number of imidazole rings is 1. The predicted octanol–water partition coefficient (Wildman–Crippen LogP) is 4.66. The highest BCUT2D eigenvalue weighted by Gasteiger charge is 2.21. The van der Waals surface area contributed by atoms with E-state index in [9.17, 15) is 9.59 Å². The minimum Gasteiger partial charge on any atom is -0.318 e. The summed E-state index contributed by atoms with van der Waals surface area (Å²) in [6, 6.07) is 16.3. The Morgan fingerprint density at radius 2 is 1.65 bits per heavy atom. The van der Waals surface area contributed by atoms with Crippen LogP contribution < -0.4 is 11.2 Å². The van der Waals surface area contributed by atoms with Crippen LogP contribution >= 0.6 is 0 Å². The van der Waals surface area contributed by atoms with E-state index in [0.717, 1.165) is 53.8 Å². The smallest absolute Gasteiger partial charge is 0.318 e. The van der Waals surface area contributed by atoms with Gasteiger partial charge >= 0.3 is 5.69 Å². The Labute approximate surface area is 232 Å². The monoisotopic (exact) mass is 540 g/mol. The van der Waals surface area contributed by atoms with Crippen molar-refractivity contribution >= 4 is 11.2 Å². The van der Waals surface area contributed by atoms with Crippen LogP contribution in [0.2, 0.25) is 0 Å². The Morgan fingerprint density at radius 1 is 0.900 bits per heavy atom. The summed E-state index contributed by atoms with van der Waals surface area (Å²) in [5.74, 6) is 1.62. The van der Waals surface area contributed by atoms with Crippen molar-refractivity contribution in [2.75, 3.05) is 0 Å². The number of rotatable bonds is 11. The number of fused-ring (bicyclic) bond motifs is 1. The number of unbranched alkanes of at least 4 members (excludes halogenated alkanes) is 2. The quantitative estimate of drug-likeness (QED) is 0.244. The lowest BCUT2D eigenvalue weighted by Gasteiger charge is -2.14. The average molecular weight is 541 g/mol. The van der Waals surface area contributed by atoms with E-state index in [2.05, 4.69) is 51.8 Å². The molecule has 0 radical (unpaired) electrons. The first-order chi connectivity index (χ1) is 19.4. The zero-order chi connectivity index (χ0) is 28.2. The van der Waals surface area contributed by atoms with Gasteiger partial charge in [-0.15, -0.1) is 5.10 Å². The van der Waals surface area contributed by atoms with Gasteiger partial charge in [0.1, 0.15) is 5.82 Å². The predicted molar refractivity (Wildman–Crippen MR) is 156 cm³/mol. The molecule has 0 saturated carbocycles. The van der Waals surface area contributed by atoms with Gasteiger partial charge in [0.25, 0.3) is 5.56 Å². The molecule has 0 atom stereocenters. The van der Waals surface area contributed by atoms with Crippen molar-refractivity contribution in [3.63, 3.8) is 0 Å². The molecule has 10 heteroatoms. The van der Waals surface area contributed by atoms with Gasteiger partial charge in [0.2, 0.25) is 0 Å². The molecule has 0 bridgehead atoms. The zero-order valence-electron chi connectivity index (χ0n) is 23.6. The number of tetrazole rings is 1. The summed E-state index contributed by atoms with van der Waals surface area (Å²) < 4.78 is 5.04. The fourth-order valence-electron chi connectivity index (χ4n) is 5.23. The summed E-state index contributed by atoms with van der Waals surface area (Å²) in [4.78, 5) is 31.9. The highest BCUT2D eigenvalue weighted by molar-refractivity contribution is 5.80. The third-order valence-electron chi connectivity index (χ3n) is 7.19. The minimum absolute atomic E-state index is 0.164. The van der Waals surface area contributed by atoms with Gasteiger partial charge in [0, 0.05) is 31.6 Å². The first-order valence-electron chi connectivity index (χ1n) is 14.1. The first-order valence-corrected chi connectivity index (χ1v) is 14.1. The van der Waals surface area contributed by atoms with Crippen LogP contribution in [0.25, 0.3) is 33.7 Å². The topological polar surface area (TPSA) is 116 Å². The SMILES string of the molecule is CCCCCc1nc2c(c(=O)n(CC(C)C)c(=O)n2CC)n1Cc1ccc(-c2ccccc2-c2nnn[nH]2)cc1. The third-order valence-corrected chi connectivity index (χ3v) is 7.19. The van der Waals surface area contributed by atoms with Gasteiger partial charge in [0.15, 0.2) is 17.0 Å². The summed E-state index contributed by atoms with van der Waals surface area (Å²) in [7, 11) is 0. The maximum Gasteiger partial charge on any atom is 0.332 e. The van der Waals surface area contributed by atoms with Crippen LogP contribution in [0.5, 0.6) is 0 Å². The van der Waals surface area contributed by atoms with E-state index in [1.165, 1.54) is 4.57 Å². The number of hydrogen-bond donors (Lipinski definition) is 1. The van der Waals surface area contributed by atoms with E-state index < -0.39 is 0 Å². The van der Waals surface area contributed by atoms with Gasteiger partial charge in [-0.05, 0) is 46.4 Å². The minimum atomic E-state index is -0.288. The number of nitrogens with zero attached hydrogens (tertiary/aromatic N) is 7. The Balaban J connectivity index is 1.58. The molecule has 0 unspecified atom stereocenters. The number of benzene rings is 2. The van der Waals surface area contributed by atoms with Crippen LogP contribution in [0.1, 0.15) is 58.3 Å². The molecular weight excluding hydrogens is 504 g/mol. The standard InChI is InChI=1S/C30H36N8O2/c1-5-7-8-13-25-31-28-26(29(39)38(18-20(3)4)30(40)36(28)6-2)37(25)19-21-14-16-22(17-15-21)23-11-9-10-12-24(23)27-32-34-35-33-27/h9-12,14-17,20H,5-8,13,18-19H2,1-4H3,(H,32,33,34,35). The van der Waals surface area contributed by atoms with Crippen LogP contribution in [0, 0.1) is 5.92 Å². The highest BCUT2D eigenvalue weighted by Crippen LogP contribution is 2.30. The van der Waals surface area contributed by atoms with Gasteiger partial charge in [-0.3, -0.25) is 13.9 Å². The Bertz CT molecular complexity index is 1710. The van der Waals surface area contributed by atoms with Crippen molar-refractivity contribution in [3.8, 4) is 22.5 Å². The van der Waals surface area contributed by atoms with Gasteiger partial charge in [-0.1, -0.05) is 82.1 Å². The zero-order valence-corrected chi connectivity index (χ0v) is 23.6. The van der Waals surface area contributed by atoms with Gasteiger partial charge in [-0.2, -0.15) is 0 Å². The molecule has 0 fully saturated rings. The second-order valence-electron chi connectivity index (χ2n) is 10.6. The lowest BCUT2D eigenvalue weighted by molar-refractivity contribution is 0.477. The number of aromatic nitrogens is 8. The van der Waals surface area contributed by atoms with Gasteiger partial charge < -0.3 is 4.57 Å². The lowest BCUT2D eigenvalue weighted by atomic mass is 9.98. The first kappa shape index (κ1) is 27.2. The van der Waals surface area contributed by atoms with Crippen LogP contribution in [-0.4, -0.2) is 39.3 Å². The van der Waals surface area contributed by atoms with Gasteiger partial charge in [-0.25, -0.2) is 14.9 Å². The van der Waals surface area contributed by atoms with Crippen LogP contribution in [-0.2, 0) is 26.1 Å². The summed E-state index contributed by atoms with van der Waals surface area (Å²) in [6.07, 6.45) is 3.90. The molecule has 5 aromatic rings. The molecule has 0 spiro atoms. The summed E-state index contributed by atoms with van der Waals surface area (Å²) in [5.41, 5.74) is 4.45. The van der Waals surface area contributed by atoms with Crippen molar-refractivity contribution in [1.29, 1.82) is 0 Å². The number of aromatic amines is 1. The average Bonchev–Trinajstić information content (AvgIpc) is 3.61. The maximum absolute atomic E-state index is 13.8. The lowest BCUT2D eigenvalue weighted by Crippen LogP contribution is -2.41. The van der Waals surface area contributed by atoms with E-state index in [1.807, 2.05) is 49.6 Å². The summed E-state index contributed by atoms with van der Waals surface area (Å²) in [6.45, 7) is 9.43. The molecule has 10 nitrogen and oxygen atoms in total. The molecule has 0 aliphatic heterocycles. The van der Waals surface area contributed by atoms with E-state index in [-0.39, 0.29) is 17.2 Å². The highest BCUT2D eigenvalue weighted by atomic mass is 16.2. The normalized spacial score (nSPS) is 11.6. The molecule has 208 valence electrons. The Kier molecular flexibility index (Phi) is 8.04. The maximum atomic E-state index is 13.8. The van der Waals surface area contributed by atoms with E-state index in [4.69, 9.17) is 4.98 Å². The molecule has 0 saturated heterocycles. The Morgan fingerprint density at radius 3 is 2.30 bits per heavy atom. The second-order valence-corrected chi connectivity index (χ2v) is 10.6. The molecule has 0 amide bonds. The molecule has 1 N–H and O–H groups in total. The molecule has 0 aliphatic rings. The number of H-pyrrole nitrogens is 1. The largest absolute Gasteiger partial charge is 0.332 e. The fraction of sp³-hybridized carbons (Fsp3) is 0.400. The third kappa shape index (κ3) is 5.25. The van der Waals surface area contributed by atoms with E-state index >= 15 is 0 Å². The molecular formula is C30H36N8O2. The van der Waals surface area contributed by atoms with Crippen molar-refractivity contribution in [2.24, 2.45) is 5.92 Å². The summed E-state index contributed by atoms with van der Waals surface area (Å²) in [5, 5.41) is 14.4. The number of aryl methyl sites for hydroxylation is 2. The van der Waals surface area contributed by atoms with Crippen molar-refractivity contribution in [1.82, 2.24) is 39.3 Å². The summed E-state index contributed by atoms with van der Waals surface area (Å²) >= 11 is 0. The molecule has 0 aliphatic carbocycles. The number of nitrogens with one attached hydrogen (secondary N) is 1. The van der Waals surface area contributed by atoms with E-state index in [0.29, 0.717) is 36.6 Å². The number of hydrogen-bond acceptors (Lipinski definition) is 6. The molecule has 3 aromatic heterocycles. The van der Waals surface area contributed by atoms with E-state index in [1.54, 1.807) is 4.57 Å². The molecule has 5 rings (SSSR count). The van der Waals surface area contributed by atoms with Crippen molar-refractivity contribution in [3.05, 3.63) is 80.8 Å². The van der Waals surface area contributed by atoms with Crippen LogP contribution in [0.3, 0.4) is 0 Å². The van der Waals surface area contributed by atoms with Crippen LogP contribution in [0.15, 0.2) is 58.1 Å². The fourth-order valence-corrected chi connectivity index (χ4v) is 5.23.